The molecule has 1 aromatic carbocycles. The smallest absolute Gasteiger partial charge is 0.142 e. The maximum atomic E-state index is 5.76. The molecule has 0 atom stereocenters. The average molecular weight is 192 g/mol. The Hall–Kier alpha value is -1.22. The molecule has 4 N–H and O–H groups in total. The SMILES string of the molecule is NCC1(COc2ccccc2N)CC1. The van der Waals surface area contributed by atoms with E-state index in [0.717, 1.165) is 5.75 Å². The van der Waals surface area contributed by atoms with E-state index in [9.17, 15) is 0 Å². The number of nitrogen functional groups attached to an aromatic ring is 1. The molecular formula is C11H16N2O. The van der Waals surface area contributed by atoms with Crippen LogP contribution in [0.15, 0.2) is 24.3 Å². The minimum absolute atomic E-state index is 0.238. The summed E-state index contributed by atoms with van der Waals surface area (Å²) in [5, 5.41) is 0. The van der Waals surface area contributed by atoms with Crippen LogP contribution in [0.3, 0.4) is 0 Å². The van der Waals surface area contributed by atoms with Crippen molar-refractivity contribution in [3.05, 3.63) is 24.3 Å². The first-order chi connectivity index (χ1) is 6.76. The van der Waals surface area contributed by atoms with E-state index in [1.165, 1.54) is 12.8 Å². The highest BCUT2D eigenvalue weighted by Crippen LogP contribution is 2.44. The molecule has 0 saturated heterocycles. The fourth-order valence-corrected chi connectivity index (χ4v) is 1.43. The van der Waals surface area contributed by atoms with E-state index in [4.69, 9.17) is 16.2 Å². The molecule has 0 amide bonds. The first-order valence-electron chi connectivity index (χ1n) is 4.93. The summed E-state index contributed by atoms with van der Waals surface area (Å²) in [4.78, 5) is 0. The zero-order valence-corrected chi connectivity index (χ0v) is 8.20. The van der Waals surface area contributed by atoms with Crippen molar-refractivity contribution >= 4 is 5.69 Å². The molecule has 3 heteroatoms. The second-order valence-electron chi connectivity index (χ2n) is 4.03. The molecule has 1 saturated carbocycles. The second kappa shape index (κ2) is 3.50. The summed E-state index contributed by atoms with van der Waals surface area (Å²) < 4.78 is 5.65. The Bertz CT molecular complexity index is 321. The number of rotatable bonds is 4. The molecule has 14 heavy (non-hydrogen) atoms. The van der Waals surface area contributed by atoms with Gasteiger partial charge in [-0.2, -0.15) is 0 Å². The lowest BCUT2D eigenvalue weighted by atomic mass is 10.1. The van der Waals surface area contributed by atoms with Gasteiger partial charge in [-0.05, 0) is 25.0 Å². The summed E-state index contributed by atoms with van der Waals surface area (Å²) in [5.41, 5.74) is 12.3. The van der Waals surface area contributed by atoms with Gasteiger partial charge in [0.15, 0.2) is 0 Å². The Morgan fingerprint density at radius 3 is 2.57 bits per heavy atom. The third kappa shape index (κ3) is 1.82. The molecule has 1 aliphatic carbocycles. The van der Waals surface area contributed by atoms with E-state index in [0.29, 0.717) is 18.8 Å². The Labute approximate surface area is 84.0 Å². The van der Waals surface area contributed by atoms with Crippen molar-refractivity contribution < 1.29 is 4.74 Å². The zero-order chi connectivity index (χ0) is 10.0. The molecule has 0 spiro atoms. The van der Waals surface area contributed by atoms with Gasteiger partial charge in [-0.25, -0.2) is 0 Å². The number of para-hydroxylation sites is 2. The van der Waals surface area contributed by atoms with Crippen molar-refractivity contribution in [3.8, 4) is 5.75 Å². The Morgan fingerprint density at radius 2 is 2.00 bits per heavy atom. The Morgan fingerprint density at radius 1 is 1.29 bits per heavy atom. The number of hydrogen-bond acceptors (Lipinski definition) is 3. The maximum Gasteiger partial charge on any atom is 0.142 e. The van der Waals surface area contributed by atoms with Gasteiger partial charge in [-0.3, -0.25) is 0 Å². The molecule has 1 aromatic rings. The van der Waals surface area contributed by atoms with Gasteiger partial charge in [-0.15, -0.1) is 0 Å². The van der Waals surface area contributed by atoms with Gasteiger partial charge in [0.25, 0.3) is 0 Å². The normalized spacial score (nSPS) is 17.8. The number of benzene rings is 1. The highest BCUT2D eigenvalue weighted by Gasteiger charge is 2.42. The Kier molecular flexibility index (Phi) is 2.33. The van der Waals surface area contributed by atoms with Crippen LogP contribution in [0.4, 0.5) is 5.69 Å². The predicted octanol–water partition coefficient (Wildman–Crippen LogP) is 1.39. The average Bonchev–Trinajstić information content (AvgIpc) is 2.98. The van der Waals surface area contributed by atoms with Crippen LogP contribution in [0, 0.1) is 5.41 Å². The van der Waals surface area contributed by atoms with Crippen LogP contribution in [0.5, 0.6) is 5.75 Å². The molecule has 0 aromatic heterocycles. The molecule has 3 nitrogen and oxygen atoms in total. The fraction of sp³-hybridized carbons (Fsp3) is 0.455. The predicted molar refractivity (Wildman–Crippen MR) is 57.1 cm³/mol. The summed E-state index contributed by atoms with van der Waals surface area (Å²) >= 11 is 0. The lowest BCUT2D eigenvalue weighted by molar-refractivity contribution is 0.240. The zero-order valence-electron chi connectivity index (χ0n) is 8.20. The lowest BCUT2D eigenvalue weighted by Gasteiger charge is -2.14. The van der Waals surface area contributed by atoms with Crippen molar-refractivity contribution in [2.24, 2.45) is 11.1 Å². The number of anilines is 1. The first kappa shape index (κ1) is 9.34. The quantitative estimate of drug-likeness (QED) is 0.708. The van der Waals surface area contributed by atoms with E-state index in [1.807, 2.05) is 24.3 Å². The molecule has 0 bridgehead atoms. The lowest BCUT2D eigenvalue weighted by Crippen LogP contribution is -2.23. The summed E-state index contributed by atoms with van der Waals surface area (Å²) in [7, 11) is 0. The van der Waals surface area contributed by atoms with Crippen LogP contribution < -0.4 is 16.2 Å². The van der Waals surface area contributed by atoms with E-state index >= 15 is 0 Å². The summed E-state index contributed by atoms with van der Waals surface area (Å²) in [6, 6.07) is 7.56. The van der Waals surface area contributed by atoms with Crippen LogP contribution in [0.1, 0.15) is 12.8 Å². The molecule has 1 aliphatic rings. The number of ether oxygens (including phenoxy) is 1. The Balaban J connectivity index is 1.95. The largest absolute Gasteiger partial charge is 0.491 e. The van der Waals surface area contributed by atoms with Gasteiger partial charge < -0.3 is 16.2 Å². The topological polar surface area (TPSA) is 61.3 Å². The molecule has 2 rings (SSSR count). The standard InChI is InChI=1S/C11H16N2O/c12-7-11(5-6-11)8-14-10-4-2-1-3-9(10)13/h1-4H,5-8,12-13H2. The van der Waals surface area contributed by atoms with E-state index in [2.05, 4.69) is 0 Å². The summed E-state index contributed by atoms with van der Waals surface area (Å²) in [6.07, 6.45) is 2.35. The van der Waals surface area contributed by atoms with E-state index in [1.54, 1.807) is 0 Å². The van der Waals surface area contributed by atoms with Gasteiger partial charge in [0, 0.05) is 12.0 Å². The van der Waals surface area contributed by atoms with Crippen molar-refractivity contribution in [1.29, 1.82) is 0 Å². The molecule has 76 valence electrons. The molecule has 0 unspecified atom stereocenters. The van der Waals surface area contributed by atoms with Crippen molar-refractivity contribution in [3.63, 3.8) is 0 Å². The minimum atomic E-state index is 0.238. The summed E-state index contributed by atoms with van der Waals surface area (Å²) in [6.45, 7) is 1.40. The molecular weight excluding hydrogens is 176 g/mol. The third-order valence-electron chi connectivity index (χ3n) is 2.84. The van der Waals surface area contributed by atoms with Crippen molar-refractivity contribution in [2.45, 2.75) is 12.8 Å². The van der Waals surface area contributed by atoms with Gasteiger partial charge >= 0.3 is 0 Å². The van der Waals surface area contributed by atoms with Crippen molar-refractivity contribution in [1.82, 2.24) is 0 Å². The molecule has 1 fully saturated rings. The highest BCUT2D eigenvalue weighted by atomic mass is 16.5. The van der Waals surface area contributed by atoms with Gasteiger partial charge in [0.05, 0.1) is 12.3 Å². The number of hydrogen-bond donors (Lipinski definition) is 2. The molecule has 0 heterocycles. The summed E-state index contributed by atoms with van der Waals surface area (Å²) in [5.74, 6) is 0.771. The van der Waals surface area contributed by atoms with E-state index < -0.39 is 0 Å². The fourth-order valence-electron chi connectivity index (χ4n) is 1.43. The first-order valence-corrected chi connectivity index (χ1v) is 4.93. The third-order valence-corrected chi connectivity index (χ3v) is 2.84. The van der Waals surface area contributed by atoms with Crippen LogP contribution >= 0.6 is 0 Å². The number of nitrogens with two attached hydrogens (primary N) is 2. The monoisotopic (exact) mass is 192 g/mol. The molecule has 0 radical (unpaired) electrons. The van der Waals surface area contributed by atoms with Crippen LogP contribution in [0.2, 0.25) is 0 Å². The minimum Gasteiger partial charge on any atom is -0.491 e. The van der Waals surface area contributed by atoms with Crippen LogP contribution in [0.25, 0.3) is 0 Å². The van der Waals surface area contributed by atoms with Crippen LogP contribution in [-0.4, -0.2) is 13.2 Å². The van der Waals surface area contributed by atoms with Crippen LogP contribution in [-0.2, 0) is 0 Å². The molecule has 0 aliphatic heterocycles. The van der Waals surface area contributed by atoms with Gasteiger partial charge in [0.2, 0.25) is 0 Å². The second-order valence-corrected chi connectivity index (χ2v) is 4.03. The van der Waals surface area contributed by atoms with E-state index in [-0.39, 0.29) is 5.41 Å². The van der Waals surface area contributed by atoms with Gasteiger partial charge in [0.1, 0.15) is 5.75 Å². The van der Waals surface area contributed by atoms with Gasteiger partial charge in [-0.1, -0.05) is 12.1 Å². The maximum absolute atomic E-state index is 5.76. The highest BCUT2D eigenvalue weighted by molar-refractivity contribution is 5.51. The van der Waals surface area contributed by atoms with Crippen molar-refractivity contribution in [2.75, 3.05) is 18.9 Å².